The van der Waals surface area contributed by atoms with Crippen molar-refractivity contribution in [2.24, 2.45) is 0 Å². The summed E-state index contributed by atoms with van der Waals surface area (Å²) in [6.07, 6.45) is 0.881. The molecule has 5 nitrogen and oxygen atoms in total. The molecule has 0 aliphatic rings. The van der Waals surface area contributed by atoms with Crippen LogP contribution < -0.4 is 10.2 Å². The molecule has 0 aliphatic carbocycles. The number of aryl methyl sites for hydroxylation is 2. The second kappa shape index (κ2) is 6.59. The summed E-state index contributed by atoms with van der Waals surface area (Å²) in [6.45, 7) is 5.22. The van der Waals surface area contributed by atoms with Gasteiger partial charge in [-0.3, -0.25) is 4.68 Å². The van der Waals surface area contributed by atoms with Crippen molar-refractivity contribution in [1.82, 2.24) is 9.78 Å². The van der Waals surface area contributed by atoms with Crippen molar-refractivity contribution in [1.29, 1.82) is 0 Å². The Labute approximate surface area is 119 Å². The van der Waals surface area contributed by atoms with Crippen molar-refractivity contribution in [3.05, 3.63) is 41.7 Å². The molecule has 6 heteroatoms. The van der Waals surface area contributed by atoms with Crippen LogP contribution in [-0.2, 0) is 19.6 Å². The van der Waals surface area contributed by atoms with Gasteiger partial charge in [0.2, 0.25) is 0 Å². The van der Waals surface area contributed by atoms with Gasteiger partial charge in [-0.1, -0.05) is 25.1 Å². The zero-order valence-corrected chi connectivity index (χ0v) is 11.8. The Kier molecular flexibility index (Phi) is 4.81. The monoisotopic (exact) mass is 274 g/mol. The van der Waals surface area contributed by atoms with Crippen LogP contribution in [0.1, 0.15) is 25.2 Å². The van der Waals surface area contributed by atoms with Crippen LogP contribution in [0.5, 0.6) is 5.75 Å². The highest BCUT2D eigenvalue weighted by Gasteiger charge is 2.17. The van der Waals surface area contributed by atoms with Crippen LogP contribution >= 0.6 is 0 Å². The molecule has 2 rings (SSSR count). The van der Waals surface area contributed by atoms with E-state index in [2.05, 4.69) is 12.0 Å². The highest BCUT2D eigenvalue weighted by molar-refractivity contribution is 6.59. The largest absolute Gasteiger partial charge is 0.492 e. The maximum atomic E-state index is 9.30. The lowest BCUT2D eigenvalue weighted by Crippen LogP contribution is -2.31. The van der Waals surface area contributed by atoms with Crippen LogP contribution in [0.25, 0.3) is 0 Å². The van der Waals surface area contributed by atoms with Crippen LogP contribution in [0.15, 0.2) is 30.3 Å². The van der Waals surface area contributed by atoms with E-state index in [0.717, 1.165) is 24.4 Å². The quantitative estimate of drug-likeness (QED) is 0.762. The number of aromatic nitrogens is 2. The first-order valence-electron chi connectivity index (χ1n) is 6.79. The molecule has 1 aromatic heterocycles. The van der Waals surface area contributed by atoms with Gasteiger partial charge in [0.25, 0.3) is 0 Å². The Morgan fingerprint density at radius 3 is 2.65 bits per heavy atom. The average molecular weight is 274 g/mol. The van der Waals surface area contributed by atoms with Gasteiger partial charge in [0, 0.05) is 12.0 Å². The van der Waals surface area contributed by atoms with Gasteiger partial charge in [0.05, 0.1) is 11.4 Å². The Morgan fingerprint density at radius 2 is 2.00 bits per heavy atom. The maximum absolute atomic E-state index is 9.30. The summed E-state index contributed by atoms with van der Waals surface area (Å²) in [4.78, 5) is 0. The molecule has 0 atom stereocenters. The number of benzene rings is 1. The minimum Gasteiger partial charge on any atom is -0.488 e. The molecule has 0 amide bonds. The van der Waals surface area contributed by atoms with Gasteiger partial charge < -0.3 is 14.8 Å². The predicted octanol–water partition coefficient (Wildman–Crippen LogP) is 0.724. The number of hydrogen-bond donors (Lipinski definition) is 2. The summed E-state index contributed by atoms with van der Waals surface area (Å²) in [7, 11) is -1.53. The van der Waals surface area contributed by atoms with Crippen LogP contribution in [-0.4, -0.2) is 26.9 Å². The normalized spacial score (nSPS) is 10.6. The number of ether oxygens (including phenoxy) is 1. The first-order valence-corrected chi connectivity index (χ1v) is 6.79. The zero-order valence-electron chi connectivity index (χ0n) is 11.8. The maximum Gasteiger partial charge on any atom is 0.492 e. The summed E-state index contributed by atoms with van der Waals surface area (Å²) in [5.74, 6) is 0.476. The second-order valence-corrected chi connectivity index (χ2v) is 4.50. The van der Waals surface area contributed by atoms with Gasteiger partial charge in [-0.25, -0.2) is 0 Å². The van der Waals surface area contributed by atoms with Crippen molar-refractivity contribution in [3.8, 4) is 5.75 Å². The summed E-state index contributed by atoms with van der Waals surface area (Å²) >= 11 is 0. The van der Waals surface area contributed by atoms with Gasteiger partial charge in [-0.2, -0.15) is 5.10 Å². The fourth-order valence-corrected chi connectivity index (χ4v) is 2.05. The van der Waals surface area contributed by atoms with Gasteiger partial charge in [0.15, 0.2) is 0 Å². The highest BCUT2D eigenvalue weighted by Crippen LogP contribution is 2.12. The van der Waals surface area contributed by atoms with E-state index in [1.807, 2.05) is 17.7 Å². The van der Waals surface area contributed by atoms with E-state index in [9.17, 15) is 10.0 Å². The molecule has 0 aliphatic heterocycles. The molecule has 0 saturated heterocycles. The Bertz CT molecular complexity index is 569. The third-order valence-corrected chi connectivity index (χ3v) is 3.15. The van der Waals surface area contributed by atoms with E-state index in [-0.39, 0.29) is 0 Å². The smallest absolute Gasteiger partial charge is 0.488 e. The van der Waals surface area contributed by atoms with Crippen molar-refractivity contribution >= 4 is 12.6 Å². The van der Waals surface area contributed by atoms with Crippen molar-refractivity contribution in [2.45, 2.75) is 33.4 Å². The lowest BCUT2D eigenvalue weighted by molar-refractivity contribution is 0.293. The first kappa shape index (κ1) is 14.6. The Hall–Kier alpha value is -1.79. The van der Waals surface area contributed by atoms with Gasteiger partial charge in [-0.15, -0.1) is 0 Å². The standard InChI is InChI=1S/C14H19BN2O3/c1-3-11-9-12(17(4-2)16-11)10-20-14-8-6-5-7-13(14)15(18)19/h5-9,18-19H,3-4,10H2,1-2H3. The highest BCUT2D eigenvalue weighted by atomic mass is 16.5. The molecule has 1 aromatic carbocycles. The van der Waals surface area contributed by atoms with E-state index in [4.69, 9.17) is 4.74 Å². The molecule has 0 spiro atoms. The topological polar surface area (TPSA) is 67.5 Å². The molecule has 20 heavy (non-hydrogen) atoms. The van der Waals surface area contributed by atoms with Crippen LogP contribution in [0.3, 0.4) is 0 Å². The minimum absolute atomic E-state index is 0.352. The SMILES string of the molecule is CCc1cc(COc2ccccc2B(O)O)n(CC)n1. The molecule has 0 bridgehead atoms. The van der Waals surface area contributed by atoms with Crippen molar-refractivity contribution in [3.63, 3.8) is 0 Å². The van der Waals surface area contributed by atoms with E-state index < -0.39 is 7.12 Å². The fourth-order valence-electron chi connectivity index (χ4n) is 2.05. The number of nitrogens with zero attached hydrogens (tertiary/aromatic N) is 2. The zero-order chi connectivity index (χ0) is 14.5. The molecule has 2 aromatic rings. The third-order valence-electron chi connectivity index (χ3n) is 3.15. The molecular formula is C14H19BN2O3. The molecule has 1 heterocycles. The fraction of sp³-hybridized carbons (Fsp3) is 0.357. The van der Waals surface area contributed by atoms with Crippen LogP contribution in [0, 0.1) is 0 Å². The van der Waals surface area contributed by atoms with Crippen LogP contribution in [0.2, 0.25) is 0 Å². The first-order chi connectivity index (χ1) is 9.65. The van der Waals surface area contributed by atoms with Crippen molar-refractivity contribution in [2.75, 3.05) is 0 Å². The molecular weight excluding hydrogens is 255 g/mol. The van der Waals surface area contributed by atoms with E-state index in [0.29, 0.717) is 17.8 Å². The summed E-state index contributed by atoms with van der Waals surface area (Å²) < 4.78 is 7.60. The Morgan fingerprint density at radius 1 is 1.25 bits per heavy atom. The molecule has 2 N–H and O–H groups in total. The average Bonchev–Trinajstić information content (AvgIpc) is 2.87. The molecule has 0 unspecified atom stereocenters. The van der Waals surface area contributed by atoms with E-state index in [1.165, 1.54) is 0 Å². The van der Waals surface area contributed by atoms with E-state index in [1.54, 1.807) is 24.3 Å². The number of hydrogen-bond acceptors (Lipinski definition) is 4. The Balaban J connectivity index is 2.14. The van der Waals surface area contributed by atoms with Crippen molar-refractivity contribution < 1.29 is 14.8 Å². The summed E-state index contributed by atoms with van der Waals surface area (Å²) in [6, 6.07) is 8.92. The predicted molar refractivity (Wildman–Crippen MR) is 77.9 cm³/mol. The molecule has 0 saturated carbocycles. The van der Waals surface area contributed by atoms with E-state index >= 15 is 0 Å². The van der Waals surface area contributed by atoms with Gasteiger partial charge in [-0.05, 0) is 25.5 Å². The minimum atomic E-state index is -1.53. The molecule has 0 radical (unpaired) electrons. The number of para-hydroxylation sites is 1. The summed E-state index contributed by atoms with van der Waals surface area (Å²) in [5.41, 5.74) is 2.37. The summed E-state index contributed by atoms with van der Waals surface area (Å²) in [5, 5.41) is 23.1. The second-order valence-electron chi connectivity index (χ2n) is 4.50. The lowest BCUT2D eigenvalue weighted by Gasteiger charge is -2.11. The molecule has 106 valence electrons. The van der Waals surface area contributed by atoms with Gasteiger partial charge >= 0.3 is 7.12 Å². The number of rotatable bonds is 6. The van der Waals surface area contributed by atoms with Crippen LogP contribution in [0.4, 0.5) is 0 Å². The molecule has 0 fully saturated rings. The third kappa shape index (κ3) is 3.21. The lowest BCUT2D eigenvalue weighted by atomic mass is 9.79. The van der Waals surface area contributed by atoms with Gasteiger partial charge in [0.1, 0.15) is 12.4 Å².